The lowest BCUT2D eigenvalue weighted by atomic mass is 10.1. The molecule has 0 aromatic heterocycles. The zero-order chi connectivity index (χ0) is 9.56. The van der Waals surface area contributed by atoms with Crippen molar-refractivity contribution in [1.29, 1.82) is 0 Å². The Morgan fingerprint density at radius 1 is 1.42 bits per heavy atom. The van der Waals surface area contributed by atoms with Gasteiger partial charge in [0.25, 0.3) is 0 Å². The van der Waals surface area contributed by atoms with Crippen molar-refractivity contribution in [2.24, 2.45) is 5.92 Å². The molecule has 0 aromatic rings. The first-order valence-corrected chi connectivity index (χ1v) is 4.95. The van der Waals surface area contributed by atoms with Crippen LogP contribution in [0.4, 0.5) is 0 Å². The molecule has 0 heterocycles. The van der Waals surface area contributed by atoms with Crippen LogP contribution in [0, 0.1) is 5.92 Å². The van der Waals surface area contributed by atoms with E-state index < -0.39 is 0 Å². The lowest BCUT2D eigenvalue weighted by molar-refractivity contribution is 0.561. The van der Waals surface area contributed by atoms with Gasteiger partial charge < -0.3 is 5.32 Å². The quantitative estimate of drug-likeness (QED) is 0.399. The van der Waals surface area contributed by atoms with Crippen LogP contribution in [-0.2, 0) is 0 Å². The minimum atomic E-state index is 0.246. The van der Waals surface area contributed by atoms with Gasteiger partial charge in [-0.15, -0.1) is 11.6 Å². The van der Waals surface area contributed by atoms with Crippen LogP contribution >= 0.6 is 11.6 Å². The third kappa shape index (κ3) is 6.68. The Balaban J connectivity index is 3.38. The lowest BCUT2D eigenvalue weighted by Crippen LogP contribution is -2.26. The molecule has 0 spiro atoms. The van der Waals surface area contributed by atoms with E-state index in [1.165, 1.54) is 5.57 Å². The van der Waals surface area contributed by atoms with E-state index in [4.69, 9.17) is 11.6 Å². The first-order chi connectivity index (χ1) is 5.54. The SMILES string of the molecule is CC(C)=CCNCC(Cl)C(C)C. The molecule has 0 radical (unpaired) electrons. The molecule has 12 heavy (non-hydrogen) atoms. The molecular formula is C10H20ClN. The van der Waals surface area contributed by atoms with Crippen molar-refractivity contribution in [3.05, 3.63) is 11.6 Å². The van der Waals surface area contributed by atoms with Gasteiger partial charge in [0.05, 0.1) is 0 Å². The van der Waals surface area contributed by atoms with Crippen molar-refractivity contribution in [2.45, 2.75) is 33.1 Å². The summed E-state index contributed by atoms with van der Waals surface area (Å²) < 4.78 is 0. The minimum Gasteiger partial charge on any atom is -0.312 e. The maximum Gasteiger partial charge on any atom is 0.0483 e. The van der Waals surface area contributed by atoms with Gasteiger partial charge in [-0.05, 0) is 19.8 Å². The number of hydrogen-bond acceptors (Lipinski definition) is 1. The van der Waals surface area contributed by atoms with E-state index in [9.17, 15) is 0 Å². The fraction of sp³-hybridized carbons (Fsp3) is 0.800. The summed E-state index contributed by atoms with van der Waals surface area (Å²) in [4.78, 5) is 0. The lowest BCUT2D eigenvalue weighted by Gasteiger charge is -2.12. The Morgan fingerprint density at radius 2 is 2.00 bits per heavy atom. The second-order valence-electron chi connectivity index (χ2n) is 3.70. The number of rotatable bonds is 5. The minimum absolute atomic E-state index is 0.246. The molecule has 1 atom stereocenters. The van der Waals surface area contributed by atoms with Crippen LogP contribution in [0.15, 0.2) is 11.6 Å². The maximum absolute atomic E-state index is 6.05. The van der Waals surface area contributed by atoms with E-state index >= 15 is 0 Å². The molecule has 0 aliphatic carbocycles. The fourth-order valence-electron chi connectivity index (χ4n) is 0.733. The van der Waals surface area contributed by atoms with E-state index in [0.29, 0.717) is 5.92 Å². The van der Waals surface area contributed by atoms with Gasteiger partial charge in [-0.25, -0.2) is 0 Å². The normalized spacial score (nSPS) is 13.2. The highest BCUT2D eigenvalue weighted by atomic mass is 35.5. The molecule has 0 amide bonds. The van der Waals surface area contributed by atoms with E-state index in [-0.39, 0.29) is 5.38 Å². The summed E-state index contributed by atoms with van der Waals surface area (Å²) in [5, 5.41) is 3.54. The van der Waals surface area contributed by atoms with Gasteiger partial charge in [0, 0.05) is 18.5 Å². The molecule has 2 heteroatoms. The molecule has 1 N–H and O–H groups in total. The van der Waals surface area contributed by atoms with Crippen LogP contribution < -0.4 is 5.32 Å². The Bertz CT molecular complexity index is 137. The number of nitrogens with one attached hydrogen (secondary N) is 1. The maximum atomic E-state index is 6.05. The molecule has 1 unspecified atom stereocenters. The largest absolute Gasteiger partial charge is 0.312 e. The van der Waals surface area contributed by atoms with E-state index in [1.807, 2.05) is 0 Å². The zero-order valence-electron chi connectivity index (χ0n) is 8.52. The number of allylic oxidation sites excluding steroid dienone is 1. The molecule has 0 fully saturated rings. The van der Waals surface area contributed by atoms with Gasteiger partial charge in [0.15, 0.2) is 0 Å². The highest BCUT2D eigenvalue weighted by molar-refractivity contribution is 6.20. The third-order valence-corrected chi connectivity index (χ3v) is 2.38. The monoisotopic (exact) mass is 189 g/mol. The summed E-state index contributed by atoms with van der Waals surface area (Å²) in [6, 6.07) is 0. The summed E-state index contributed by atoms with van der Waals surface area (Å²) >= 11 is 6.05. The first-order valence-electron chi connectivity index (χ1n) is 4.52. The molecule has 0 rings (SSSR count). The van der Waals surface area contributed by atoms with Crippen molar-refractivity contribution >= 4 is 11.6 Å². The van der Waals surface area contributed by atoms with Gasteiger partial charge in [-0.3, -0.25) is 0 Å². The molecule has 0 aliphatic rings. The molecular weight excluding hydrogens is 170 g/mol. The molecule has 72 valence electrons. The van der Waals surface area contributed by atoms with Crippen LogP contribution in [-0.4, -0.2) is 18.5 Å². The third-order valence-electron chi connectivity index (χ3n) is 1.72. The van der Waals surface area contributed by atoms with Crippen molar-refractivity contribution < 1.29 is 0 Å². The van der Waals surface area contributed by atoms with E-state index in [1.54, 1.807) is 0 Å². The van der Waals surface area contributed by atoms with Gasteiger partial charge >= 0.3 is 0 Å². The topological polar surface area (TPSA) is 12.0 Å². The summed E-state index contributed by atoms with van der Waals surface area (Å²) in [7, 11) is 0. The summed E-state index contributed by atoms with van der Waals surface area (Å²) in [6.07, 6.45) is 2.17. The van der Waals surface area contributed by atoms with E-state index in [2.05, 4.69) is 39.1 Å². The van der Waals surface area contributed by atoms with Crippen LogP contribution in [0.25, 0.3) is 0 Å². The van der Waals surface area contributed by atoms with Gasteiger partial charge in [-0.1, -0.05) is 25.5 Å². The second-order valence-corrected chi connectivity index (χ2v) is 4.26. The van der Waals surface area contributed by atoms with Crippen molar-refractivity contribution in [1.82, 2.24) is 5.32 Å². The summed E-state index contributed by atoms with van der Waals surface area (Å²) in [6.45, 7) is 10.3. The molecule has 0 bridgehead atoms. The number of hydrogen-bond donors (Lipinski definition) is 1. The predicted molar refractivity (Wildman–Crippen MR) is 56.8 cm³/mol. The Labute approximate surface area is 81.2 Å². The van der Waals surface area contributed by atoms with Crippen molar-refractivity contribution in [2.75, 3.05) is 13.1 Å². The Kier molecular flexibility index (Phi) is 6.49. The zero-order valence-corrected chi connectivity index (χ0v) is 9.28. The number of halogens is 1. The highest BCUT2D eigenvalue weighted by Gasteiger charge is 2.07. The Hall–Kier alpha value is -0.0100. The average molecular weight is 190 g/mol. The Morgan fingerprint density at radius 3 is 2.42 bits per heavy atom. The van der Waals surface area contributed by atoms with Crippen LogP contribution in [0.3, 0.4) is 0 Å². The van der Waals surface area contributed by atoms with Gasteiger partial charge in [0.2, 0.25) is 0 Å². The summed E-state index contributed by atoms with van der Waals surface area (Å²) in [5.41, 5.74) is 1.35. The second kappa shape index (κ2) is 6.50. The fourth-order valence-corrected chi connectivity index (χ4v) is 0.842. The average Bonchev–Trinajstić information content (AvgIpc) is 1.97. The smallest absolute Gasteiger partial charge is 0.0483 e. The predicted octanol–water partition coefficient (Wildman–Crippen LogP) is 2.81. The van der Waals surface area contributed by atoms with Crippen molar-refractivity contribution in [3.8, 4) is 0 Å². The summed E-state index contributed by atoms with van der Waals surface area (Å²) in [5.74, 6) is 0.547. The number of alkyl halides is 1. The van der Waals surface area contributed by atoms with Crippen molar-refractivity contribution in [3.63, 3.8) is 0 Å². The molecule has 0 saturated heterocycles. The van der Waals surface area contributed by atoms with Gasteiger partial charge in [0.1, 0.15) is 0 Å². The molecule has 0 saturated carbocycles. The van der Waals surface area contributed by atoms with Gasteiger partial charge in [-0.2, -0.15) is 0 Å². The molecule has 0 aromatic carbocycles. The standard InChI is InChI=1S/C10H20ClN/c1-8(2)5-6-12-7-10(11)9(3)4/h5,9-10,12H,6-7H2,1-4H3. The molecule has 0 aliphatic heterocycles. The molecule has 1 nitrogen and oxygen atoms in total. The van der Waals surface area contributed by atoms with Crippen LogP contribution in [0.1, 0.15) is 27.7 Å². The van der Waals surface area contributed by atoms with Crippen LogP contribution in [0.5, 0.6) is 0 Å². The highest BCUT2D eigenvalue weighted by Crippen LogP contribution is 2.07. The first kappa shape index (κ1) is 12.0. The van der Waals surface area contributed by atoms with E-state index in [0.717, 1.165) is 13.1 Å². The van der Waals surface area contributed by atoms with Crippen LogP contribution in [0.2, 0.25) is 0 Å².